The van der Waals surface area contributed by atoms with Gasteiger partial charge in [0, 0.05) is 26.2 Å². The summed E-state index contributed by atoms with van der Waals surface area (Å²) in [4.78, 5) is 5.45. The number of hydrogen-bond donors (Lipinski definition) is 1. The molecule has 94 valence electrons. The van der Waals surface area contributed by atoms with Crippen molar-refractivity contribution in [3.63, 3.8) is 0 Å². The number of nitrogens with two attached hydrogens (primary N) is 1. The molecule has 2 heterocycles. The molecule has 1 unspecified atom stereocenters. The normalized spacial score (nSPS) is 20.3. The van der Waals surface area contributed by atoms with Crippen LogP contribution < -0.4 is 5.73 Å². The first-order chi connectivity index (χ1) is 8.22. The van der Waals surface area contributed by atoms with E-state index in [4.69, 9.17) is 18.0 Å². The monoisotopic (exact) mass is 269 g/mol. The summed E-state index contributed by atoms with van der Waals surface area (Å²) in [5.41, 5.74) is 7.15. The van der Waals surface area contributed by atoms with E-state index in [9.17, 15) is 0 Å². The van der Waals surface area contributed by atoms with Gasteiger partial charge in [-0.3, -0.25) is 4.90 Å². The van der Waals surface area contributed by atoms with Crippen LogP contribution in [0.15, 0.2) is 16.8 Å². The third-order valence-corrected chi connectivity index (χ3v) is 4.27. The molecule has 0 spiro atoms. The third kappa shape index (κ3) is 3.04. The second-order valence-corrected chi connectivity index (χ2v) is 5.58. The highest BCUT2D eigenvalue weighted by Gasteiger charge is 2.26. The van der Waals surface area contributed by atoms with Gasteiger partial charge in [-0.25, -0.2) is 0 Å². The SMILES string of the molecule is CCN1CCN(C(C(N)=S)c2ccsc2)CC1. The van der Waals surface area contributed by atoms with Crippen LogP contribution in [0.4, 0.5) is 0 Å². The second kappa shape index (κ2) is 5.91. The molecular weight excluding hydrogens is 250 g/mol. The molecule has 0 radical (unpaired) electrons. The van der Waals surface area contributed by atoms with E-state index in [1.807, 2.05) is 0 Å². The lowest BCUT2D eigenvalue weighted by Gasteiger charge is -2.38. The summed E-state index contributed by atoms with van der Waals surface area (Å²) < 4.78 is 0. The van der Waals surface area contributed by atoms with E-state index >= 15 is 0 Å². The minimum atomic E-state index is 0.121. The number of likely N-dealkylation sites (N-methyl/N-ethyl adjacent to an activating group) is 1. The minimum Gasteiger partial charge on any atom is -0.392 e. The van der Waals surface area contributed by atoms with E-state index in [1.54, 1.807) is 11.3 Å². The first kappa shape index (κ1) is 13.0. The van der Waals surface area contributed by atoms with Crippen LogP contribution in [0.25, 0.3) is 0 Å². The van der Waals surface area contributed by atoms with Gasteiger partial charge in [-0.15, -0.1) is 0 Å². The Morgan fingerprint density at radius 2 is 2.18 bits per heavy atom. The van der Waals surface area contributed by atoms with Crippen LogP contribution in [0, 0.1) is 0 Å². The topological polar surface area (TPSA) is 32.5 Å². The molecule has 0 saturated carbocycles. The highest BCUT2D eigenvalue weighted by Crippen LogP contribution is 2.24. The van der Waals surface area contributed by atoms with E-state index in [0.717, 1.165) is 32.7 Å². The Balaban J connectivity index is 2.06. The minimum absolute atomic E-state index is 0.121. The number of nitrogens with zero attached hydrogens (tertiary/aromatic N) is 2. The molecule has 2 N–H and O–H groups in total. The second-order valence-electron chi connectivity index (χ2n) is 4.33. The van der Waals surface area contributed by atoms with Gasteiger partial charge in [0.1, 0.15) is 0 Å². The fourth-order valence-electron chi connectivity index (χ4n) is 2.32. The van der Waals surface area contributed by atoms with Crippen molar-refractivity contribution in [1.82, 2.24) is 9.80 Å². The van der Waals surface area contributed by atoms with Crippen molar-refractivity contribution in [2.45, 2.75) is 13.0 Å². The Labute approximate surface area is 112 Å². The lowest BCUT2D eigenvalue weighted by atomic mass is 10.1. The molecule has 0 bridgehead atoms. The molecular formula is C12H19N3S2. The van der Waals surface area contributed by atoms with Gasteiger partial charge in [-0.05, 0) is 28.9 Å². The molecule has 1 saturated heterocycles. The van der Waals surface area contributed by atoms with Crippen molar-refractivity contribution in [3.05, 3.63) is 22.4 Å². The third-order valence-electron chi connectivity index (χ3n) is 3.35. The lowest BCUT2D eigenvalue weighted by molar-refractivity contribution is 0.122. The predicted molar refractivity (Wildman–Crippen MR) is 77.5 cm³/mol. The highest BCUT2D eigenvalue weighted by atomic mass is 32.1. The summed E-state index contributed by atoms with van der Waals surface area (Å²) in [6.07, 6.45) is 0. The molecule has 0 aromatic carbocycles. The van der Waals surface area contributed by atoms with Crippen LogP contribution in [-0.2, 0) is 0 Å². The van der Waals surface area contributed by atoms with Crippen molar-refractivity contribution < 1.29 is 0 Å². The molecule has 1 aliphatic rings. The number of hydrogen-bond acceptors (Lipinski definition) is 4. The van der Waals surface area contributed by atoms with Crippen LogP contribution in [0.5, 0.6) is 0 Å². The standard InChI is InChI=1S/C12H19N3S2/c1-2-14-4-6-15(7-5-14)11(12(13)16)10-3-8-17-9-10/h3,8-9,11H,2,4-7H2,1H3,(H2,13,16). The fraction of sp³-hybridized carbons (Fsp3) is 0.583. The quantitative estimate of drug-likeness (QED) is 0.844. The maximum absolute atomic E-state index is 5.91. The maximum Gasteiger partial charge on any atom is 0.0948 e. The summed E-state index contributed by atoms with van der Waals surface area (Å²) in [5.74, 6) is 0. The Bertz CT molecular complexity index is 356. The first-order valence-corrected chi connectivity index (χ1v) is 7.35. The van der Waals surface area contributed by atoms with Crippen molar-refractivity contribution >= 4 is 28.5 Å². The van der Waals surface area contributed by atoms with Crippen LogP contribution in [-0.4, -0.2) is 47.5 Å². The van der Waals surface area contributed by atoms with Crippen molar-refractivity contribution in [1.29, 1.82) is 0 Å². The van der Waals surface area contributed by atoms with Gasteiger partial charge < -0.3 is 10.6 Å². The lowest BCUT2D eigenvalue weighted by Crippen LogP contribution is -2.49. The van der Waals surface area contributed by atoms with Gasteiger partial charge in [0.2, 0.25) is 0 Å². The van der Waals surface area contributed by atoms with Gasteiger partial charge in [0.05, 0.1) is 11.0 Å². The summed E-state index contributed by atoms with van der Waals surface area (Å²) in [7, 11) is 0. The van der Waals surface area contributed by atoms with Gasteiger partial charge in [0.15, 0.2) is 0 Å². The molecule has 1 aromatic rings. The van der Waals surface area contributed by atoms with Crippen molar-refractivity contribution in [3.8, 4) is 0 Å². The first-order valence-electron chi connectivity index (χ1n) is 6.00. The average Bonchev–Trinajstić information content (AvgIpc) is 2.83. The number of rotatable bonds is 4. The van der Waals surface area contributed by atoms with Crippen molar-refractivity contribution in [2.24, 2.45) is 5.73 Å². The van der Waals surface area contributed by atoms with E-state index in [-0.39, 0.29) is 6.04 Å². The zero-order chi connectivity index (χ0) is 12.3. The van der Waals surface area contributed by atoms with Crippen LogP contribution in [0.2, 0.25) is 0 Å². The molecule has 5 heteroatoms. The number of thiocarbonyl (C=S) groups is 1. The van der Waals surface area contributed by atoms with E-state index in [0.29, 0.717) is 4.99 Å². The summed E-state index contributed by atoms with van der Waals surface area (Å²) >= 11 is 6.93. The molecule has 0 aliphatic carbocycles. The van der Waals surface area contributed by atoms with E-state index in [2.05, 4.69) is 33.6 Å². The summed E-state index contributed by atoms with van der Waals surface area (Å²) in [5, 5.41) is 4.24. The average molecular weight is 269 g/mol. The highest BCUT2D eigenvalue weighted by molar-refractivity contribution is 7.80. The Kier molecular flexibility index (Phi) is 4.50. The molecule has 1 aliphatic heterocycles. The van der Waals surface area contributed by atoms with E-state index < -0.39 is 0 Å². The Hall–Kier alpha value is -0.490. The Morgan fingerprint density at radius 1 is 1.47 bits per heavy atom. The van der Waals surface area contributed by atoms with Gasteiger partial charge >= 0.3 is 0 Å². The maximum atomic E-state index is 5.91. The predicted octanol–water partition coefficient (Wildman–Crippen LogP) is 1.71. The zero-order valence-corrected chi connectivity index (χ0v) is 11.8. The molecule has 1 aromatic heterocycles. The summed E-state index contributed by atoms with van der Waals surface area (Å²) in [6, 6.07) is 2.25. The van der Waals surface area contributed by atoms with Gasteiger partial charge in [0.25, 0.3) is 0 Å². The van der Waals surface area contributed by atoms with E-state index in [1.165, 1.54) is 5.56 Å². The van der Waals surface area contributed by atoms with Crippen LogP contribution in [0.3, 0.4) is 0 Å². The molecule has 1 atom stereocenters. The zero-order valence-electron chi connectivity index (χ0n) is 10.1. The fourth-order valence-corrected chi connectivity index (χ4v) is 3.29. The Morgan fingerprint density at radius 3 is 2.65 bits per heavy atom. The van der Waals surface area contributed by atoms with Crippen LogP contribution >= 0.6 is 23.6 Å². The number of thiophene rings is 1. The summed E-state index contributed by atoms with van der Waals surface area (Å²) in [6.45, 7) is 7.65. The van der Waals surface area contributed by atoms with Gasteiger partial charge in [-0.1, -0.05) is 19.1 Å². The molecule has 1 fully saturated rings. The molecule has 3 nitrogen and oxygen atoms in total. The smallest absolute Gasteiger partial charge is 0.0948 e. The molecule has 0 amide bonds. The van der Waals surface area contributed by atoms with Crippen LogP contribution in [0.1, 0.15) is 18.5 Å². The van der Waals surface area contributed by atoms with Crippen molar-refractivity contribution in [2.75, 3.05) is 32.7 Å². The molecule has 2 rings (SSSR count). The molecule has 17 heavy (non-hydrogen) atoms. The van der Waals surface area contributed by atoms with Gasteiger partial charge in [-0.2, -0.15) is 11.3 Å². The largest absolute Gasteiger partial charge is 0.392 e. The number of piperazine rings is 1.